The first-order valence-electron chi connectivity index (χ1n) is 7.15. The minimum Gasteiger partial charge on any atom is -0.375 e. The summed E-state index contributed by atoms with van der Waals surface area (Å²) in [4.78, 5) is 27.9. The number of carbonyl (C=O) groups excluding carboxylic acids is 1. The van der Waals surface area contributed by atoms with Crippen LogP contribution in [-0.4, -0.2) is 46.0 Å². The summed E-state index contributed by atoms with van der Waals surface area (Å²) in [6.07, 6.45) is 1.62. The molecule has 2 aromatic rings. The second kappa shape index (κ2) is 5.42. The summed E-state index contributed by atoms with van der Waals surface area (Å²) >= 11 is 0. The number of aromatic nitrogens is 1. The van der Waals surface area contributed by atoms with Gasteiger partial charge in [-0.2, -0.15) is 0 Å². The molecule has 0 bridgehead atoms. The van der Waals surface area contributed by atoms with E-state index in [-0.39, 0.29) is 23.7 Å². The number of amides is 1. The zero-order chi connectivity index (χ0) is 15.9. The van der Waals surface area contributed by atoms with Crippen molar-refractivity contribution in [1.82, 2.24) is 9.88 Å². The number of ether oxygens (including phenoxy) is 1. The van der Waals surface area contributed by atoms with E-state index in [4.69, 9.17) is 4.74 Å². The van der Waals surface area contributed by atoms with Crippen molar-refractivity contribution < 1.29 is 14.5 Å². The number of nitro groups is 1. The molecule has 7 heteroatoms. The summed E-state index contributed by atoms with van der Waals surface area (Å²) in [6, 6.07) is 4.48. The lowest BCUT2D eigenvalue weighted by atomic mass is 10.1. The molecule has 1 aromatic heterocycles. The molecule has 1 fully saturated rings. The van der Waals surface area contributed by atoms with E-state index in [0.717, 1.165) is 0 Å². The number of benzene rings is 1. The van der Waals surface area contributed by atoms with Gasteiger partial charge in [0.15, 0.2) is 0 Å². The Bertz CT molecular complexity index is 739. The van der Waals surface area contributed by atoms with Gasteiger partial charge in [0.05, 0.1) is 34.8 Å². The van der Waals surface area contributed by atoms with Gasteiger partial charge in [0.2, 0.25) is 0 Å². The number of fused-ring (bicyclic) bond motifs is 1. The summed E-state index contributed by atoms with van der Waals surface area (Å²) < 4.78 is 5.54. The van der Waals surface area contributed by atoms with Gasteiger partial charge in [0, 0.05) is 30.3 Å². The van der Waals surface area contributed by atoms with Crippen molar-refractivity contribution in [2.45, 2.75) is 26.0 Å². The normalized spacial score (nSPS) is 22.0. The lowest BCUT2D eigenvalue weighted by molar-refractivity contribution is -0.384. The van der Waals surface area contributed by atoms with Crippen molar-refractivity contribution in [2.24, 2.45) is 0 Å². The van der Waals surface area contributed by atoms with Gasteiger partial charge in [-0.25, -0.2) is 0 Å². The first kappa shape index (κ1) is 14.5. The van der Waals surface area contributed by atoms with Crippen LogP contribution in [0.15, 0.2) is 24.4 Å². The maximum absolute atomic E-state index is 12.8. The molecule has 0 radical (unpaired) electrons. The number of non-ortho nitro benzene ring substituents is 1. The first-order chi connectivity index (χ1) is 10.5. The molecule has 0 aliphatic carbocycles. The Hall–Kier alpha value is -2.41. The van der Waals surface area contributed by atoms with E-state index >= 15 is 0 Å². The molecule has 7 nitrogen and oxygen atoms in total. The third-order valence-corrected chi connectivity index (χ3v) is 3.98. The van der Waals surface area contributed by atoms with Crippen molar-refractivity contribution in [3.05, 3.63) is 40.1 Å². The van der Waals surface area contributed by atoms with Crippen LogP contribution in [0.3, 0.4) is 0 Å². The van der Waals surface area contributed by atoms with Crippen molar-refractivity contribution in [2.75, 3.05) is 13.2 Å². The van der Waals surface area contributed by atoms with Gasteiger partial charge >= 0.3 is 0 Å². The van der Waals surface area contributed by atoms with E-state index in [2.05, 4.69) is 4.98 Å². The molecule has 1 aromatic carbocycles. The summed E-state index contributed by atoms with van der Waals surface area (Å²) in [5, 5.41) is 11.5. The number of aromatic amines is 1. The molecule has 2 unspecified atom stereocenters. The lowest BCUT2D eigenvalue weighted by Crippen LogP contribution is -2.50. The van der Waals surface area contributed by atoms with Gasteiger partial charge in [0.1, 0.15) is 0 Å². The van der Waals surface area contributed by atoms with Gasteiger partial charge in [-0.1, -0.05) is 0 Å². The molecule has 1 amide bonds. The van der Waals surface area contributed by atoms with E-state index in [1.54, 1.807) is 17.2 Å². The topological polar surface area (TPSA) is 88.5 Å². The van der Waals surface area contributed by atoms with Gasteiger partial charge in [-0.05, 0) is 19.9 Å². The number of hydrogen-bond donors (Lipinski definition) is 1. The Kier molecular flexibility index (Phi) is 3.58. The first-order valence-corrected chi connectivity index (χ1v) is 7.15. The third-order valence-electron chi connectivity index (χ3n) is 3.98. The summed E-state index contributed by atoms with van der Waals surface area (Å²) in [5.74, 6) is -0.0808. The molecule has 2 heterocycles. The fourth-order valence-electron chi connectivity index (χ4n) is 2.75. The maximum atomic E-state index is 12.8. The van der Waals surface area contributed by atoms with E-state index in [1.807, 2.05) is 13.8 Å². The van der Waals surface area contributed by atoms with Crippen LogP contribution in [0, 0.1) is 10.1 Å². The van der Waals surface area contributed by atoms with Crippen LogP contribution < -0.4 is 0 Å². The van der Waals surface area contributed by atoms with E-state index in [1.165, 1.54) is 12.1 Å². The van der Waals surface area contributed by atoms with Gasteiger partial charge in [-0.15, -0.1) is 0 Å². The number of carbonyl (C=O) groups is 1. The molecule has 1 aliphatic rings. The molecule has 0 spiro atoms. The number of morpholine rings is 1. The van der Waals surface area contributed by atoms with E-state index in [0.29, 0.717) is 29.6 Å². The van der Waals surface area contributed by atoms with Crippen molar-refractivity contribution in [3.63, 3.8) is 0 Å². The minimum atomic E-state index is -0.451. The number of nitrogens with zero attached hydrogens (tertiary/aromatic N) is 2. The van der Waals surface area contributed by atoms with Crippen molar-refractivity contribution >= 4 is 22.5 Å². The van der Waals surface area contributed by atoms with Crippen LogP contribution in [0.2, 0.25) is 0 Å². The molecule has 1 N–H and O–H groups in total. The van der Waals surface area contributed by atoms with Crippen LogP contribution in [0.4, 0.5) is 5.69 Å². The monoisotopic (exact) mass is 303 g/mol. The Balaban J connectivity index is 1.96. The molecule has 116 valence electrons. The molecular formula is C15H17N3O4. The highest BCUT2D eigenvalue weighted by atomic mass is 16.6. The molecule has 2 atom stereocenters. The average molecular weight is 303 g/mol. The number of nitrogens with one attached hydrogen (secondary N) is 1. The summed E-state index contributed by atoms with van der Waals surface area (Å²) in [5.41, 5.74) is 1.12. The SMILES string of the molecule is CC1CN(C(=O)c2c[nH]c3cc([N+](=O)[O-])ccc23)C(C)CO1. The van der Waals surface area contributed by atoms with Gasteiger partial charge in [0.25, 0.3) is 11.6 Å². The molecule has 22 heavy (non-hydrogen) atoms. The Morgan fingerprint density at radius 3 is 2.95 bits per heavy atom. The molecule has 3 rings (SSSR count). The van der Waals surface area contributed by atoms with Crippen LogP contribution in [0.25, 0.3) is 10.9 Å². The average Bonchev–Trinajstić information content (AvgIpc) is 2.92. The number of rotatable bonds is 2. The Morgan fingerprint density at radius 1 is 1.45 bits per heavy atom. The smallest absolute Gasteiger partial charge is 0.271 e. The quantitative estimate of drug-likeness (QED) is 0.681. The largest absolute Gasteiger partial charge is 0.375 e. The van der Waals surface area contributed by atoms with Crippen molar-refractivity contribution in [3.8, 4) is 0 Å². The van der Waals surface area contributed by atoms with Crippen LogP contribution >= 0.6 is 0 Å². The van der Waals surface area contributed by atoms with Gasteiger partial charge in [-0.3, -0.25) is 14.9 Å². The Labute approximate surface area is 127 Å². The highest BCUT2D eigenvalue weighted by molar-refractivity contribution is 6.07. The summed E-state index contributed by atoms with van der Waals surface area (Å²) in [7, 11) is 0. The van der Waals surface area contributed by atoms with Crippen molar-refractivity contribution in [1.29, 1.82) is 0 Å². The second-order valence-corrected chi connectivity index (χ2v) is 5.64. The highest BCUT2D eigenvalue weighted by Crippen LogP contribution is 2.25. The molecule has 0 saturated carbocycles. The third kappa shape index (κ3) is 2.43. The minimum absolute atomic E-state index is 0.00158. The number of H-pyrrole nitrogens is 1. The predicted molar refractivity (Wildman–Crippen MR) is 80.9 cm³/mol. The molecule has 1 saturated heterocycles. The Morgan fingerprint density at radius 2 is 2.23 bits per heavy atom. The predicted octanol–water partition coefficient (Wildman–Crippen LogP) is 2.33. The molecule has 1 aliphatic heterocycles. The van der Waals surface area contributed by atoms with Gasteiger partial charge < -0.3 is 14.6 Å². The van der Waals surface area contributed by atoms with Crippen LogP contribution in [0.5, 0.6) is 0 Å². The van der Waals surface area contributed by atoms with Crippen LogP contribution in [0.1, 0.15) is 24.2 Å². The highest BCUT2D eigenvalue weighted by Gasteiger charge is 2.29. The number of nitro benzene ring substituents is 1. The fraction of sp³-hybridized carbons (Fsp3) is 0.400. The number of hydrogen-bond acceptors (Lipinski definition) is 4. The lowest BCUT2D eigenvalue weighted by Gasteiger charge is -2.36. The van der Waals surface area contributed by atoms with Crippen LogP contribution in [-0.2, 0) is 4.74 Å². The fourth-order valence-corrected chi connectivity index (χ4v) is 2.75. The standard InChI is InChI=1S/C15H17N3O4/c1-9-8-22-10(2)7-17(9)15(19)13-6-16-14-5-11(18(20)21)3-4-12(13)14/h3-6,9-10,16H,7-8H2,1-2H3. The van der Waals surface area contributed by atoms with E-state index in [9.17, 15) is 14.9 Å². The van der Waals surface area contributed by atoms with E-state index < -0.39 is 4.92 Å². The maximum Gasteiger partial charge on any atom is 0.271 e. The zero-order valence-corrected chi connectivity index (χ0v) is 12.4. The summed E-state index contributed by atoms with van der Waals surface area (Å²) in [6.45, 7) is 4.94. The zero-order valence-electron chi connectivity index (χ0n) is 12.4. The molecular weight excluding hydrogens is 286 g/mol. The second-order valence-electron chi connectivity index (χ2n) is 5.64.